The van der Waals surface area contributed by atoms with E-state index in [0.717, 1.165) is 21.9 Å². The molecule has 3 aromatic rings. The molecule has 19 heavy (non-hydrogen) atoms. The molecule has 0 aliphatic carbocycles. The largest absolute Gasteiger partial charge is 0.488 e. The van der Waals surface area contributed by atoms with E-state index in [1.165, 1.54) is 0 Å². The summed E-state index contributed by atoms with van der Waals surface area (Å²) in [6, 6.07) is 21.7. The molecule has 3 rings (SSSR count). The summed E-state index contributed by atoms with van der Waals surface area (Å²) in [4.78, 5) is 0. The molecule has 2 N–H and O–H groups in total. The normalized spacial score (nSPS) is 10.6. The standard InChI is InChI=1S/C16H13BO2/c18-17(19)14-9-10-16-13(11-14)7-4-8-15(16)12-5-2-1-3-6-12/h1-11,18-19H. The van der Waals surface area contributed by atoms with Crippen molar-refractivity contribution in [2.45, 2.75) is 0 Å². The van der Waals surface area contributed by atoms with Gasteiger partial charge in [0.2, 0.25) is 0 Å². The SMILES string of the molecule is OB(O)c1ccc2c(-c3ccccc3)cccc2c1. The molecular weight excluding hydrogens is 235 g/mol. The van der Waals surface area contributed by atoms with Gasteiger partial charge in [-0.05, 0) is 27.4 Å². The third-order valence-electron chi connectivity index (χ3n) is 3.29. The highest BCUT2D eigenvalue weighted by Gasteiger charge is 2.12. The fraction of sp³-hybridized carbons (Fsp3) is 0. The van der Waals surface area contributed by atoms with Crippen molar-refractivity contribution in [3.8, 4) is 11.1 Å². The molecule has 0 radical (unpaired) electrons. The Morgan fingerprint density at radius 2 is 1.53 bits per heavy atom. The van der Waals surface area contributed by atoms with Gasteiger partial charge in [-0.1, -0.05) is 66.7 Å². The third kappa shape index (κ3) is 2.26. The minimum absolute atomic E-state index is 0.512. The molecule has 0 bridgehead atoms. The summed E-state index contributed by atoms with van der Waals surface area (Å²) in [7, 11) is -1.43. The zero-order chi connectivity index (χ0) is 13.2. The second kappa shape index (κ2) is 4.88. The van der Waals surface area contributed by atoms with Crippen LogP contribution in [0.5, 0.6) is 0 Å². The lowest BCUT2D eigenvalue weighted by molar-refractivity contribution is 0.426. The van der Waals surface area contributed by atoms with E-state index in [-0.39, 0.29) is 0 Å². The van der Waals surface area contributed by atoms with E-state index in [4.69, 9.17) is 0 Å². The number of hydrogen-bond acceptors (Lipinski definition) is 2. The third-order valence-corrected chi connectivity index (χ3v) is 3.29. The smallest absolute Gasteiger partial charge is 0.423 e. The summed E-state index contributed by atoms with van der Waals surface area (Å²) in [5, 5.41) is 20.6. The van der Waals surface area contributed by atoms with Gasteiger partial charge in [0.05, 0.1) is 0 Å². The van der Waals surface area contributed by atoms with Crippen LogP contribution in [-0.4, -0.2) is 17.2 Å². The Bertz CT molecular complexity index is 708. The molecule has 0 spiro atoms. The summed E-state index contributed by atoms with van der Waals surface area (Å²) < 4.78 is 0. The van der Waals surface area contributed by atoms with Crippen LogP contribution in [0.25, 0.3) is 21.9 Å². The quantitative estimate of drug-likeness (QED) is 0.682. The van der Waals surface area contributed by atoms with Crippen LogP contribution >= 0.6 is 0 Å². The lowest BCUT2D eigenvalue weighted by Crippen LogP contribution is -2.29. The second-order valence-electron chi connectivity index (χ2n) is 4.53. The van der Waals surface area contributed by atoms with Crippen LogP contribution in [0.1, 0.15) is 0 Å². The minimum atomic E-state index is -1.43. The zero-order valence-electron chi connectivity index (χ0n) is 10.3. The summed E-state index contributed by atoms with van der Waals surface area (Å²) in [5.74, 6) is 0. The fourth-order valence-electron chi connectivity index (χ4n) is 2.33. The van der Waals surface area contributed by atoms with Gasteiger partial charge in [-0.3, -0.25) is 0 Å². The van der Waals surface area contributed by atoms with E-state index in [1.807, 2.05) is 42.5 Å². The molecule has 0 unspecified atom stereocenters. The highest BCUT2D eigenvalue weighted by Crippen LogP contribution is 2.27. The Hall–Kier alpha value is -2.10. The predicted molar refractivity (Wildman–Crippen MR) is 79.2 cm³/mol. The van der Waals surface area contributed by atoms with E-state index in [9.17, 15) is 10.0 Å². The number of hydrogen-bond donors (Lipinski definition) is 2. The Labute approximate surface area is 112 Å². The number of fused-ring (bicyclic) bond motifs is 1. The van der Waals surface area contributed by atoms with Gasteiger partial charge >= 0.3 is 7.12 Å². The minimum Gasteiger partial charge on any atom is -0.423 e. The highest BCUT2D eigenvalue weighted by atomic mass is 16.4. The Morgan fingerprint density at radius 1 is 0.737 bits per heavy atom. The first-order chi connectivity index (χ1) is 9.25. The maximum absolute atomic E-state index is 9.23. The average molecular weight is 248 g/mol. The van der Waals surface area contributed by atoms with Crippen LogP contribution in [0.4, 0.5) is 0 Å². The van der Waals surface area contributed by atoms with E-state index in [0.29, 0.717) is 5.46 Å². The van der Waals surface area contributed by atoms with Crippen LogP contribution in [0.15, 0.2) is 66.7 Å². The maximum Gasteiger partial charge on any atom is 0.488 e. The highest BCUT2D eigenvalue weighted by molar-refractivity contribution is 6.58. The Balaban J connectivity index is 2.22. The molecule has 92 valence electrons. The summed E-state index contributed by atoms with van der Waals surface area (Å²) in [5.41, 5.74) is 2.82. The van der Waals surface area contributed by atoms with Gasteiger partial charge in [-0.2, -0.15) is 0 Å². The summed E-state index contributed by atoms with van der Waals surface area (Å²) in [6.07, 6.45) is 0. The number of rotatable bonds is 2. The topological polar surface area (TPSA) is 40.5 Å². The van der Waals surface area contributed by atoms with Crippen LogP contribution < -0.4 is 5.46 Å². The van der Waals surface area contributed by atoms with Gasteiger partial charge in [-0.15, -0.1) is 0 Å². The van der Waals surface area contributed by atoms with Crippen molar-refractivity contribution in [2.75, 3.05) is 0 Å². The van der Waals surface area contributed by atoms with Crippen molar-refractivity contribution in [1.82, 2.24) is 0 Å². The molecule has 2 nitrogen and oxygen atoms in total. The van der Waals surface area contributed by atoms with Crippen molar-refractivity contribution in [2.24, 2.45) is 0 Å². The first-order valence-corrected chi connectivity index (χ1v) is 6.20. The number of benzene rings is 3. The molecule has 0 aliphatic rings. The van der Waals surface area contributed by atoms with Crippen molar-refractivity contribution in [3.63, 3.8) is 0 Å². The molecule has 0 fully saturated rings. The molecule has 0 amide bonds. The van der Waals surface area contributed by atoms with Gasteiger partial charge in [0, 0.05) is 0 Å². The van der Waals surface area contributed by atoms with Crippen LogP contribution in [-0.2, 0) is 0 Å². The van der Waals surface area contributed by atoms with Gasteiger partial charge in [0.15, 0.2) is 0 Å². The Morgan fingerprint density at radius 3 is 2.26 bits per heavy atom. The first-order valence-electron chi connectivity index (χ1n) is 6.20. The molecule has 0 saturated carbocycles. The van der Waals surface area contributed by atoms with E-state index >= 15 is 0 Å². The first kappa shape index (κ1) is 12.0. The zero-order valence-corrected chi connectivity index (χ0v) is 10.3. The molecule has 0 atom stereocenters. The van der Waals surface area contributed by atoms with Crippen molar-refractivity contribution < 1.29 is 10.0 Å². The lowest BCUT2D eigenvalue weighted by atomic mass is 9.79. The molecule has 0 aliphatic heterocycles. The molecule has 0 aromatic heterocycles. The summed E-state index contributed by atoms with van der Waals surface area (Å²) >= 11 is 0. The Kier molecular flexibility index (Phi) is 3.07. The van der Waals surface area contributed by atoms with E-state index in [2.05, 4.69) is 18.2 Å². The van der Waals surface area contributed by atoms with Crippen LogP contribution in [0.2, 0.25) is 0 Å². The van der Waals surface area contributed by atoms with Crippen LogP contribution in [0, 0.1) is 0 Å². The van der Waals surface area contributed by atoms with Gasteiger partial charge in [0.1, 0.15) is 0 Å². The van der Waals surface area contributed by atoms with E-state index in [1.54, 1.807) is 6.07 Å². The van der Waals surface area contributed by atoms with Crippen molar-refractivity contribution in [3.05, 3.63) is 66.7 Å². The van der Waals surface area contributed by atoms with Crippen molar-refractivity contribution in [1.29, 1.82) is 0 Å². The van der Waals surface area contributed by atoms with Gasteiger partial charge in [0.25, 0.3) is 0 Å². The molecule has 3 heteroatoms. The fourth-order valence-corrected chi connectivity index (χ4v) is 2.33. The monoisotopic (exact) mass is 248 g/mol. The molecular formula is C16H13BO2. The lowest BCUT2D eigenvalue weighted by Gasteiger charge is -2.08. The average Bonchev–Trinajstić information content (AvgIpc) is 2.47. The van der Waals surface area contributed by atoms with Gasteiger partial charge in [-0.25, -0.2) is 0 Å². The van der Waals surface area contributed by atoms with Gasteiger partial charge < -0.3 is 10.0 Å². The summed E-state index contributed by atoms with van der Waals surface area (Å²) in [6.45, 7) is 0. The van der Waals surface area contributed by atoms with Crippen molar-refractivity contribution >= 4 is 23.4 Å². The predicted octanol–water partition coefficient (Wildman–Crippen LogP) is 2.19. The molecule has 0 saturated heterocycles. The second-order valence-corrected chi connectivity index (χ2v) is 4.53. The molecule has 3 aromatic carbocycles. The molecule has 0 heterocycles. The maximum atomic E-state index is 9.23. The van der Waals surface area contributed by atoms with Crippen LogP contribution in [0.3, 0.4) is 0 Å². The van der Waals surface area contributed by atoms with E-state index < -0.39 is 7.12 Å².